The van der Waals surface area contributed by atoms with Crippen LogP contribution in [0.2, 0.25) is 0 Å². The van der Waals surface area contributed by atoms with Gasteiger partial charge in [-0.15, -0.1) is 11.3 Å². The average molecular weight is 537 g/mol. The number of carbonyl (C=O) groups is 3. The molecule has 0 spiro atoms. The molecule has 0 bridgehead atoms. The van der Waals surface area contributed by atoms with Gasteiger partial charge in [-0.25, -0.2) is 4.98 Å². The molecule has 0 unspecified atom stereocenters. The highest BCUT2D eigenvalue weighted by molar-refractivity contribution is 8.01. The molecule has 2 aromatic carbocycles. The van der Waals surface area contributed by atoms with E-state index in [1.807, 2.05) is 24.3 Å². The van der Waals surface area contributed by atoms with Crippen molar-refractivity contribution in [2.45, 2.75) is 68.0 Å². The minimum absolute atomic E-state index is 0.0906. The van der Waals surface area contributed by atoms with Crippen molar-refractivity contribution in [1.29, 1.82) is 0 Å². The summed E-state index contributed by atoms with van der Waals surface area (Å²) < 4.78 is 1.73. The smallest absolute Gasteiger partial charge is 0.307 e. The first-order valence-corrected chi connectivity index (χ1v) is 15.0. The van der Waals surface area contributed by atoms with E-state index in [4.69, 9.17) is 0 Å². The SMILES string of the molecule is O=C(CSc1nc2ccc(NC(=O)[C@H]3CCCC[C@H]3C(=O)O)cc2s1)c1ccc(C2CCCCC2)cc1. The molecule has 8 heteroatoms. The number of rotatable bonds is 8. The van der Waals surface area contributed by atoms with Gasteiger partial charge in [0.2, 0.25) is 5.91 Å². The molecule has 6 nitrogen and oxygen atoms in total. The third-order valence-electron chi connectivity index (χ3n) is 7.69. The standard InChI is InChI=1S/C29H32N2O4S2/c32-25(20-12-10-19(11-13-20)18-6-2-1-3-7-18)17-36-29-31-24-15-14-21(16-26(24)37-29)30-27(33)22-8-4-5-9-23(22)28(34)35/h10-16,18,22-23H,1-9,17H2,(H,30,33)(H,34,35)/t22-,23+/m0/s1. The van der Waals surface area contributed by atoms with Crippen LogP contribution in [0.25, 0.3) is 10.2 Å². The van der Waals surface area contributed by atoms with Crippen LogP contribution in [0.15, 0.2) is 46.8 Å². The summed E-state index contributed by atoms with van der Waals surface area (Å²) in [5.74, 6) is -1.20. The first kappa shape index (κ1) is 25.9. The van der Waals surface area contributed by atoms with Crippen LogP contribution in [-0.2, 0) is 9.59 Å². The average Bonchev–Trinajstić information content (AvgIpc) is 3.34. The maximum Gasteiger partial charge on any atom is 0.307 e. The fourth-order valence-corrected chi connectivity index (χ4v) is 7.61. The van der Waals surface area contributed by atoms with Crippen molar-refractivity contribution in [1.82, 2.24) is 4.98 Å². The van der Waals surface area contributed by atoms with Crippen LogP contribution in [0.1, 0.15) is 79.6 Å². The van der Waals surface area contributed by atoms with Gasteiger partial charge in [0.15, 0.2) is 10.1 Å². The number of hydrogen-bond acceptors (Lipinski definition) is 6. The summed E-state index contributed by atoms with van der Waals surface area (Å²) in [5, 5.41) is 12.4. The quantitative estimate of drug-likeness (QED) is 0.234. The van der Waals surface area contributed by atoms with E-state index in [-0.39, 0.29) is 11.7 Å². The summed E-state index contributed by atoms with van der Waals surface area (Å²) in [7, 11) is 0. The summed E-state index contributed by atoms with van der Waals surface area (Å²) in [5.41, 5.74) is 3.54. The van der Waals surface area contributed by atoms with Gasteiger partial charge in [-0.3, -0.25) is 14.4 Å². The highest BCUT2D eigenvalue weighted by Gasteiger charge is 2.35. The summed E-state index contributed by atoms with van der Waals surface area (Å²) >= 11 is 2.92. The number of aliphatic carboxylic acids is 1. The number of amides is 1. The maximum atomic E-state index is 12.8. The molecule has 2 fully saturated rings. The third-order valence-corrected chi connectivity index (χ3v) is 9.85. The van der Waals surface area contributed by atoms with Crippen molar-refractivity contribution in [2.75, 3.05) is 11.1 Å². The van der Waals surface area contributed by atoms with E-state index in [0.717, 1.165) is 33.0 Å². The molecule has 0 radical (unpaired) electrons. The Hall–Kier alpha value is -2.71. The van der Waals surface area contributed by atoms with E-state index in [2.05, 4.69) is 22.4 Å². The van der Waals surface area contributed by atoms with Gasteiger partial charge < -0.3 is 10.4 Å². The number of carboxylic acid groups (broad SMARTS) is 1. The lowest BCUT2D eigenvalue weighted by molar-refractivity contribution is -0.147. The van der Waals surface area contributed by atoms with Crippen LogP contribution in [0, 0.1) is 11.8 Å². The van der Waals surface area contributed by atoms with Gasteiger partial charge >= 0.3 is 5.97 Å². The Morgan fingerprint density at radius 2 is 1.62 bits per heavy atom. The lowest BCUT2D eigenvalue weighted by Gasteiger charge is -2.27. The number of thiazole rings is 1. The molecule has 2 saturated carbocycles. The zero-order valence-electron chi connectivity index (χ0n) is 20.8. The Balaban J connectivity index is 1.19. The number of ketones is 1. The van der Waals surface area contributed by atoms with Crippen LogP contribution in [0.4, 0.5) is 5.69 Å². The molecule has 2 aliphatic carbocycles. The Labute approximate surface area is 225 Å². The molecule has 1 heterocycles. The second-order valence-electron chi connectivity index (χ2n) is 10.2. The number of nitrogens with zero attached hydrogens (tertiary/aromatic N) is 1. The van der Waals surface area contributed by atoms with Crippen molar-refractivity contribution in [2.24, 2.45) is 11.8 Å². The van der Waals surface area contributed by atoms with Crippen molar-refractivity contribution >= 4 is 56.7 Å². The summed E-state index contributed by atoms with van der Waals surface area (Å²) in [6.07, 6.45) is 9.29. The van der Waals surface area contributed by atoms with Gasteiger partial charge in [-0.2, -0.15) is 0 Å². The molecule has 194 valence electrons. The van der Waals surface area contributed by atoms with E-state index >= 15 is 0 Å². The van der Waals surface area contributed by atoms with Gasteiger partial charge in [0.1, 0.15) is 0 Å². The van der Waals surface area contributed by atoms with E-state index in [1.54, 1.807) is 6.07 Å². The van der Waals surface area contributed by atoms with Gasteiger partial charge in [0, 0.05) is 11.3 Å². The third kappa shape index (κ3) is 6.24. The molecule has 2 N–H and O–H groups in total. The molecule has 2 atom stereocenters. The number of Topliss-reactive ketones (excluding diaryl/α,β-unsaturated/α-hetero) is 1. The first-order valence-electron chi connectivity index (χ1n) is 13.2. The number of nitrogens with one attached hydrogen (secondary N) is 1. The van der Waals surface area contributed by atoms with Crippen LogP contribution >= 0.6 is 23.1 Å². The van der Waals surface area contributed by atoms with Crippen molar-refractivity contribution in [3.63, 3.8) is 0 Å². The monoisotopic (exact) mass is 536 g/mol. The van der Waals surface area contributed by atoms with Crippen molar-refractivity contribution in [3.05, 3.63) is 53.6 Å². The Kier molecular flexibility index (Phi) is 8.25. The van der Waals surface area contributed by atoms with Crippen LogP contribution < -0.4 is 5.32 Å². The summed E-state index contributed by atoms with van der Waals surface area (Å²) in [6.45, 7) is 0. The zero-order valence-corrected chi connectivity index (χ0v) is 22.4. The molecule has 1 amide bonds. The maximum absolute atomic E-state index is 12.8. The number of carbonyl (C=O) groups excluding carboxylic acids is 2. The second kappa shape index (κ2) is 11.8. The summed E-state index contributed by atoms with van der Waals surface area (Å²) in [4.78, 5) is 41.8. The van der Waals surface area contributed by atoms with Gasteiger partial charge in [-0.1, -0.05) is 68.1 Å². The number of anilines is 1. The Bertz CT molecular complexity index is 1280. The molecular formula is C29H32N2O4S2. The van der Waals surface area contributed by atoms with Crippen LogP contribution in [0.3, 0.4) is 0 Å². The van der Waals surface area contributed by atoms with E-state index in [0.29, 0.717) is 30.2 Å². The first-order chi connectivity index (χ1) is 18.0. The predicted octanol–water partition coefficient (Wildman–Crippen LogP) is 7.15. The second-order valence-corrected chi connectivity index (χ2v) is 12.4. The fraction of sp³-hybridized carbons (Fsp3) is 0.448. The fourth-order valence-electron chi connectivity index (χ4n) is 5.61. The van der Waals surface area contributed by atoms with Crippen LogP contribution in [-0.4, -0.2) is 33.5 Å². The van der Waals surface area contributed by atoms with E-state index < -0.39 is 17.8 Å². The molecule has 1 aromatic heterocycles. The molecule has 0 saturated heterocycles. The predicted molar refractivity (Wildman–Crippen MR) is 149 cm³/mol. The van der Waals surface area contributed by atoms with Crippen molar-refractivity contribution < 1.29 is 19.5 Å². The molecule has 0 aliphatic heterocycles. The number of benzene rings is 2. The zero-order chi connectivity index (χ0) is 25.8. The number of aromatic nitrogens is 1. The normalized spacial score (nSPS) is 20.5. The molecule has 37 heavy (non-hydrogen) atoms. The van der Waals surface area contributed by atoms with Gasteiger partial charge in [0.05, 0.1) is 27.8 Å². The van der Waals surface area contributed by atoms with Gasteiger partial charge in [-0.05, 0) is 55.4 Å². The van der Waals surface area contributed by atoms with Crippen LogP contribution in [0.5, 0.6) is 0 Å². The molecule has 5 rings (SSSR count). The number of thioether (sulfide) groups is 1. The minimum Gasteiger partial charge on any atom is -0.481 e. The lowest BCUT2D eigenvalue weighted by atomic mass is 9.78. The Morgan fingerprint density at radius 1 is 0.919 bits per heavy atom. The van der Waals surface area contributed by atoms with E-state index in [1.165, 1.54) is 60.8 Å². The van der Waals surface area contributed by atoms with Gasteiger partial charge in [0.25, 0.3) is 0 Å². The number of hydrogen-bond donors (Lipinski definition) is 2. The molecule has 2 aliphatic rings. The molecular weight excluding hydrogens is 504 g/mol. The topological polar surface area (TPSA) is 96.4 Å². The Morgan fingerprint density at radius 3 is 2.35 bits per heavy atom. The van der Waals surface area contributed by atoms with Crippen molar-refractivity contribution in [3.8, 4) is 0 Å². The van der Waals surface area contributed by atoms with E-state index in [9.17, 15) is 19.5 Å². The lowest BCUT2D eigenvalue weighted by Crippen LogP contribution is -2.36. The highest BCUT2D eigenvalue weighted by atomic mass is 32.2. The molecule has 3 aromatic rings. The highest BCUT2D eigenvalue weighted by Crippen LogP contribution is 2.35. The number of carboxylic acids is 1. The number of fused-ring (bicyclic) bond motifs is 1. The minimum atomic E-state index is -0.894. The largest absolute Gasteiger partial charge is 0.481 e. The summed E-state index contributed by atoms with van der Waals surface area (Å²) in [6, 6.07) is 13.7.